The Bertz CT molecular complexity index is 535. The van der Waals surface area contributed by atoms with Crippen LogP contribution in [0.2, 0.25) is 0 Å². The van der Waals surface area contributed by atoms with Crippen molar-refractivity contribution in [2.24, 2.45) is 5.92 Å². The Balaban J connectivity index is 1.92. The fourth-order valence-electron chi connectivity index (χ4n) is 3.18. The van der Waals surface area contributed by atoms with Gasteiger partial charge in [-0.15, -0.1) is 0 Å². The molecule has 1 unspecified atom stereocenters. The first-order valence-corrected chi connectivity index (χ1v) is 8.82. The van der Waals surface area contributed by atoms with Gasteiger partial charge in [0.15, 0.2) is 0 Å². The van der Waals surface area contributed by atoms with E-state index in [9.17, 15) is 4.57 Å². The van der Waals surface area contributed by atoms with Crippen LogP contribution in [0, 0.1) is 5.92 Å². The van der Waals surface area contributed by atoms with Gasteiger partial charge in [-0.25, -0.2) is 0 Å². The van der Waals surface area contributed by atoms with Crippen LogP contribution in [0.25, 0.3) is 0 Å². The molecule has 1 saturated heterocycles. The fourth-order valence-corrected chi connectivity index (χ4v) is 6.00. The third-order valence-corrected chi connectivity index (χ3v) is 7.21. The standard InChI is InChI=1S/C15H22NO3P/c1-4-18-20(17)15(10-11(15)2)16-12(3)14(19-20)13-8-6-5-7-9-13/h5-9,11-12,14,16H,4,10H2,1-3H3/t11-,12-,14-,15+,20?/m0/s1. The molecule has 1 spiro atoms. The first-order chi connectivity index (χ1) is 9.52. The topological polar surface area (TPSA) is 47.6 Å². The monoisotopic (exact) mass is 295 g/mol. The van der Waals surface area contributed by atoms with E-state index in [1.54, 1.807) is 0 Å². The molecule has 0 radical (unpaired) electrons. The summed E-state index contributed by atoms with van der Waals surface area (Å²) in [6, 6.07) is 10.0. The van der Waals surface area contributed by atoms with E-state index in [2.05, 4.69) is 19.2 Å². The van der Waals surface area contributed by atoms with Crippen LogP contribution < -0.4 is 5.32 Å². The SMILES string of the molecule is CCOP1(=O)O[C@H](c2ccccc2)[C@H](C)N[C@]12C[C@@H]2C. The Hall–Kier alpha value is -0.670. The highest BCUT2D eigenvalue weighted by atomic mass is 31.2. The number of hydrogen-bond acceptors (Lipinski definition) is 4. The fraction of sp³-hybridized carbons (Fsp3) is 0.600. The lowest BCUT2D eigenvalue weighted by Gasteiger charge is -2.41. The Kier molecular flexibility index (Phi) is 3.54. The zero-order valence-electron chi connectivity index (χ0n) is 12.2. The van der Waals surface area contributed by atoms with Gasteiger partial charge in [0.2, 0.25) is 0 Å². The molecular formula is C15H22NO3P. The van der Waals surface area contributed by atoms with Gasteiger partial charge >= 0.3 is 7.60 Å². The minimum Gasteiger partial charge on any atom is -0.308 e. The quantitative estimate of drug-likeness (QED) is 0.864. The summed E-state index contributed by atoms with van der Waals surface area (Å²) in [6.45, 7) is 6.44. The Morgan fingerprint density at radius 2 is 2.05 bits per heavy atom. The van der Waals surface area contributed by atoms with Crippen LogP contribution in [0.1, 0.15) is 38.9 Å². The predicted octanol–water partition coefficient (Wildman–Crippen LogP) is 3.70. The summed E-state index contributed by atoms with van der Waals surface area (Å²) in [4.78, 5) is 0. The minimum absolute atomic E-state index is 0.116. The van der Waals surface area contributed by atoms with E-state index in [1.807, 2.05) is 37.3 Å². The van der Waals surface area contributed by atoms with E-state index in [-0.39, 0.29) is 12.1 Å². The zero-order valence-corrected chi connectivity index (χ0v) is 13.1. The Morgan fingerprint density at radius 3 is 2.60 bits per heavy atom. The predicted molar refractivity (Wildman–Crippen MR) is 78.6 cm³/mol. The van der Waals surface area contributed by atoms with Crippen molar-refractivity contribution >= 4 is 7.60 Å². The molecule has 1 aromatic rings. The van der Waals surface area contributed by atoms with Crippen molar-refractivity contribution in [3.05, 3.63) is 35.9 Å². The molecule has 1 N–H and O–H groups in total. The van der Waals surface area contributed by atoms with E-state index in [0.717, 1.165) is 12.0 Å². The average molecular weight is 295 g/mol. The van der Waals surface area contributed by atoms with E-state index >= 15 is 0 Å². The molecule has 5 atom stereocenters. The molecule has 1 aliphatic heterocycles. The number of hydrogen-bond donors (Lipinski definition) is 1. The summed E-state index contributed by atoms with van der Waals surface area (Å²) in [6.07, 6.45) is 0.628. The van der Waals surface area contributed by atoms with E-state index in [4.69, 9.17) is 9.05 Å². The van der Waals surface area contributed by atoms with Crippen molar-refractivity contribution in [1.29, 1.82) is 0 Å². The third kappa shape index (κ3) is 2.06. The Labute approximate surface area is 120 Å². The lowest BCUT2D eigenvalue weighted by atomic mass is 10.0. The van der Waals surface area contributed by atoms with Gasteiger partial charge in [-0.2, -0.15) is 0 Å². The van der Waals surface area contributed by atoms with Crippen LogP contribution in [0.4, 0.5) is 0 Å². The smallest absolute Gasteiger partial charge is 0.308 e. The van der Waals surface area contributed by atoms with Crippen molar-refractivity contribution in [3.63, 3.8) is 0 Å². The van der Waals surface area contributed by atoms with Crippen molar-refractivity contribution in [2.45, 2.75) is 44.6 Å². The lowest BCUT2D eigenvalue weighted by Crippen LogP contribution is -2.48. The molecule has 110 valence electrons. The molecule has 0 bridgehead atoms. The van der Waals surface area contributed by atoms with Crippen molar-refractivity contribution in [3.8, 4) is 0 Å². The van der Waals surface area contributed by atoms with Crippen LogP contribution in [0.15, 0.2) is 30.3 Å². The molecule has 1 saturated carbocycles. The first kappa shape index (κ1) is 14.3. The normalized spacial score (nSPS) is 43.6. The second-order valence-electron chi connectivity index (χ2n) is 5.81. The summed E-state index contributed by atoms with van der Waals surface area (Å²) < 4.78 is 24.8. The molecule has 0 aromatic heterocycles. The Morgan fingerprint density at radius 1 is 1.40 bits per heavy atom. The summed E-state index contributed by atoms with van der Waals surface area (Å²) in [5.74, 6) is 0.332. The summed E-state index contributed by atoms with van der Waals surface area (Å²) in [7, 11) is -3.13. The molecule has 1 aliphatic carbocycles. The molecule has 2 fully saturated rings. The summed E-state index contributed by atoms with van der Waals surface area (Å²) in [5.41, 5.74) is 1.04. The maximum Gasteiger partial charge on any atom is 0.351 e. The number of benzene rings is 1. The van der Waals surface area contributed by atoms with Gasteiger partial charge in [-0.05, 0) is 31.7 Å². The first-order valence-electron chi connectivity index (χ1n) is 7.28. The zero-order chi connectivity index (χ0) is 14.4. The van der Waals surface area contributed by atoms with E-state index in [1.165, 1.54) is 0 Å². The molecule has 1 heterocycles. The van der Waals surface area contributed by atoms with E-state index in [0.29, 0.717) is 12.5 Å². The molecule has 20 heavy (non-hydrogen) atoms. The highest BCUT2D eigenvalue weighted by Gasteiger charge is 2.69. The van der Waals surface area contributed by atoms with Crippen molar-refractivity contribution < 1.29 is 13.6 Å². The minimum atomic E-state index is -3.13. The second kappa shape index (κ2) is 4.96. The van der Waals surface area contributed by atoms with Crippen molar-refractivity contribution in [1.82, 2.24) is 5.32 Å². The molecule has 0 amide bonds. The maximum absolute atomic E-state index is 13.2. The number of nitrogens with one attached hydrogen (secondary N) is 1. The molecule has 5 heteroatoms. The van der Waals surface area contributed by atoms with Gasteiger partial charge in [0.1, 0.15) is 11.4 Å². The van der Waals surface area contributed by atoms with E-state index < -0.39 is 12.9 Å². The lowest BCUT2D eigenvalue weighted by molar-refractivity contribution is 0.0803. The van der Waals surface area contributed by atoms with Crippen LogP contribution in [-0.2, 0) is 13.6 Å². The maximum atomic E-state index is 13.2. The van der Waals surface area contributed by atoms with Gasteiger partial charge in [-0.3, -0.25) is 14.4 Å². The molecule has 3 rings (SSSR count). The van der Waals surface area contributed by atoms with Gasteiger partial charge in [0.05, 0.1) is 6.61 Å². The largest absolute Gasteiger partial charge is 0.351 e. The summed E-state index contributed by atoms with van der Waals surface area (Å²) in [5, 5.41) is 3.06. The van der Waals surface area contributed by atoms with Crippen LogP contribution >= 0.6 is 7.60 Å². The number of rotatable bonds is 3. The van der Waals surface area contributed by atoms with Gasteiger partial charge in [0.25, 0.3) is 0 Å². The van der Waals surface area contributed by atoms with Gasteiger partial charge in [-0.1, -0.05) is 37.3 Å². The highest BCUT2D eigenvalue weighted by molar-refractivity contribution is 7.56. The highest BCUT2D eigenvalue weighted by Crippen LogP contribution is 2.75. The molecule has 4 nitrogen and oxygen atoms in total. The van der Waals surface area contributed by atoms with Gasteiger partial charge in [0, 0.05) is 6.04 Å². The van der Waals surface area contributed by atoms with Crippen LogP contribution in [0.3, 0.4) is 0 Å². The molecule has 1 aromatic carbocycles. The molecular weight excluding hydrogens is 273 g/mol. The second-order valence-corrected chi connectivity index (χ2v) is 8.08. The summed E-state index contributed by atoms with van der Waals surface area (Å²) >= 11 is 0. The average Bonchev–Trinajstić information content (AvgIpc) is 3.07. The van der Waals surface area contributed by atoms with Crippen LogP contribution in [-0.4, -0.2) is 17.9 Å². The van der Waals surface area contributed by atoms with Gasteiger partial charge < -0.3 is 4.52 Å². The van der Waals surface area contributed by atoms with Crippen LogP contribution in [0.5, 0.6) is 0 Å². The van der Waals surface area contributed by atoms with Crippen molar-refractivity contribution in [2.75, 3.05) is 6.61 Å². The molecule has 2 aliphatic rings. The third-order valence-electron chi connectivity index (χ3n) is 4.37.